The monoisotopic (exact) mass is 388 g/mol. The first-order valence-corrected chi connectivity index (χ1v) is 4.52. The van der Waals surface area contributed by atoms with Crippen LogP contribution in [0.2, 0.25) is 0 Å². The maximum Gasteiger partial charge on any atom is 0.459 e. The molecule has 0 aliphatic heterocycles. The minimum atomic E-state index is -8.69. The molecule has 0 spiro atoms. The summed E-state index contributed by atoms with van der Waals surface area (Å²) in [5.74, 6) is -17.0. The Morgan fingerprint density at radius 2 is 0.478 bits per heavy atom. The van der Waals surface area contributed by atoms with E-state index < -0.39 is 42.0 Å². The zero-order valence-electron chi connectivity index (χ0n) is 9.55. The number of alkyl halides is 16. The van der Waals surface area contributed by atoms with Crippen molar-refractivity contribution in [2.24, 2.45) is 5.41 Å². The number of rotatable bonds is 2. The Hall–Kier alpha value is -1.12. The molecule has 0 N–H and O–H groups in total. The summed E-state index contributed by atoms with van der Waals surface area (Å²) in [6.45, 7) is 0. The summed E-state index contributed by atoms with van der Waals surface area (Å²) in [4.78, 5) is 0. The molecule has 0 nitrogen and oxygen atoms in total. The third-order valence-electron chi connectivity index (χ3n) is 2.50. The summed E-state index contributed by atoms with van der Waals surface area (Å²) in [6, 6.07) is 0. The maximum absolute atomic E-state index is 12.9. The Balaban J connectivity index is 7.12. The van der Waals surface area contributed by atoms with E-state index >= 15 is 0 Å². The molecule has 0 aliphatic carbocycles. The third-order valence-corrected chi connectivity index (χ3v) is 2.50. The van der Waals surface area contributed by atoms with E-state index in [-0.39, 0.29) is 0 Å². The standard InChI is InChI=1S/C7F16/c8-2(9,3(10,11)7(21,22)23)1(4(12,13)14,5(15,16)17)6(18,19)20. The predicted octanol–water partition coefficient (Wildman–Crippen LogP) is 5.49. The molecule has 0 aromatic carbocycles. The van der Waals surface area contributed by atoms with E-state index in [0.717, 1.165) is 0 Å². The molecule has 0 bridgehead atoms. The fraction of sp³-hybridized carbons (Fsp3) is 1.00. The van der Waals surface area contributed by atoms with E-state index in [1.165, 1.54) is 0 Å². The lowest BCUT2D eigenvalue weighted by atomic mass is 9.75. The van der Waals surface area contributed by atoms with Crippen LogP contribution >= 0.6 is 0 Å². The molecule has 0 amide bonds. The third kappa shape index (κ3) is 2.66. The zero-order chi connectivity index (χ0) is 19.5. The first-order valence-electron chi connectivity index (χ1n) is 4.52. The van der Waals surface area contributed by atoms with E-state index in [2.05, 4.69) is 0 Å². The highest BCUT2D eigenvalue weighted by Crippen LogP contribution is 2.70. The fourth-order valence-corrected chi connectivity index (χ4v) is 1.43. The maximum atomic E-state index is 12.9. The summed E-state index contributed by atoms with van der Waals surface area (Å²) in [6.07, 6.45) is -32.7. The van der Waals surface area contributed by atoms with E-state index in [1.54, 1.807) is 0 Å². The molecule has 23 heavy (non-hydrogen) atoms. The van der Waals surface area contributed by atoms with Crippen LogP contribution in [0.15, 0.2) is 0 Å². The van der Waals surface area contributed by atoms with Gasteiger partial charge in [-0.2, -0.15) is 70.2 Å². The summed E-state index contributed by atoms with van der Waals surface area (Å²) in [5.41, 5.74) is -8.65. The number of hydrogen-bond donors (Lipinski definition) is 0. The normalized spacial score (nSPS) is 16.7. The van der Waals surface area contributed by atoms with Crippen molar-refractivity contribution < 1.29 is 70.2 Å². The van der Waals surface area contributed by atoms with Crippen LogP contribution in [0.3, 0.4) is 0 Å². The highest BCUT2D eigenvalue weighted by molar-refractivity contribution is 5.14. The largest absolute Gasteiger partial charge is 0.459 e. The van der Waals surface area contributed by atoms with Gasteiger partial charge in [0.15, 0.2) is 0 Å². The van der Waals surface area contributed by atoms with Crippen LogP contribution in [0.5, 0.6) is 0 Å². The van der Waals surface area contributed by atoms with Gasteiger partial charge >= 0.3 is 42.0 Å². The molecule has 0 unspecified atom stereocenters. The number of halogens is 16. The molecule has 0 aromatic heterocycles. The summed E-state index contributed by atoms with van der Waals surface area (Å²) < 4.78 is 195. The van der Waals surface area contributed by atoms with Gasteiger partial charge in [0.2, 0.25) is 0 Å². The minimum Gasteiger partial charge on any atom is -0.198 e. The molecule has 140 valence electrons. The van der Waals surface area contributed by atoms with Crippen LogP contribution in [0.25, 0.3) is 0 Å². The lowest BCUT2D eigenvalue weighted by molar-refractivity contribution is -0.512. The first kappa shape index (κ1) is 21.9. The Labute approximate surface area is 114 Å². The van der Waals surface area contributed by atoms with Gasteiger partial charge in [-0.3, -0.25) is 0 Å². The highest BCUT2D eigenvalue weighted by Gasteiger charge is 3.00. The number of hydrogen-bond acceptors (Lipinski definition) is 0. The minimum absolute atomic E-state index is 7.84. The van der Waals surface area contributed by atoms with Gasteiger partial charge in [-0.05, 0) is 0 Å². The summed E-state index contributed by atoms with van der Waals surface area (Å²) >= 11 is 0. The zero-order valence-corrected chi connectivity index (χ0v) is 9.55. The van der Waals surface area contributed by atoms with Crippen molar-refractivity contribution in [3.63, 3.8) is 0 Å². The fourth-order valence-electron chi connectivity index (χ4n) is 1.43. The molecule has 0 atom stereocenters. The van der Waals surface area contributed by atoms with E-state index in [1.807, 2.05) is 0 Å². The van der Waals surface area contributed by atoms with Gasteiger partial charge in [0, 0.05) is 0 Å². The second-order valence-electron chi connectivity index (χ2n) is 3.89. The molecule has 0 saturated carbocycles. The predicted molar refractivity (Wildman–Crippen MR) is 36.5 cm³/mol. The van der Waals surface area contributed by atoms with Gasteiger partial charge in [0.05, 0.1) is 0 Å². The Morgan fingerprint density at radius 3 is 0.609 bits per heavy atom. The SMILES string of the molecule is FC(F)(F)C(F)(F)C(F)(F)C(C(F)(F)F)(C(F)(F)F)C(F)(F)F. The summed E-state index contributed by atoms with van der Waals surface area (Å²) in [7, 11) is 0. The van der Waals surface area contributed by atoms with Gasteiger partial charge in [0.25, 0.3) is 0 Å². The average Bonchev–Trinajstić information content (AvgIpc) is 2.06. The topological polar surface area (TPSA) is 0 Å². The van der Waals surface area contributed by atoms with Crippen molar-refractivity contribution in [1.29, 1.82) is 0 Å². The van der Waals surface area contributed by atoms with Crippen LogP contribution in [-0.2, 0) is 0 Å². The Bertz CT molecular complexity index is 389. The molecule has 0 heterocycles. The van der Waals surface area contributed by atoms with Crippen LogP contribution in [0.1, 0.15) is 0 Å². The Kier molecular flexibility index (Phi) is 4.70. The molecule has 0 aliphatic rings. The van der Waals surface area contributed by atoms with Crippen molar-refractivity contribution in [3.05, 3.63) is 0 Å². The van der Waals surface area contributed by atoms with E-state index in [0.29, 0.717) is 0 Å². The van der Waals surface area contributed by atoms with Gasteiger partial charge < -0.3 is 0 Å². The highest BCUT2D eigenvalue weighted by atomic mass is 19.4. The second-order valence-corrected chi connectivity index (χ2v) is 3.89. The van der Waals surface area contributed by atoms with Crippen molar-refractivity contribution in [3.8, 4) is 0 Å². The van der Waals surface area contributed by atoms with Crippen LogP contribution in [-0.4, -0.2) is 36.6 Å². The molecule has 16 heteroatoms. The molecule has 0 rings (SSSR count). The Morgan fingerprint density at radius 1 is 0.261 bits per heavy atom. The van der Waals surface area contributed by atoms with Crippen LogP contribution in [0, 0.1) is 5.41 Å². The van der Waals surface area contributed by atoms with Gasteiger partial charge in [0.1, 0.15) is 0 Å². The van der Waals surface area contributed by atoms with Gasteiger partial charge in [-0.15, -0.1) is 0 Å². The van der Waals surface area contributed by atoms with Crippen LogP contribution in [0.4, 0.5) is 70.2 Å². The van der Waals surface area contributed by atoms with E-state index in [9.17, 15) is 70.2 Å². The average molecular weight is 388 g/mol. The molecule has 0 saturated heterocycles. The van der Waals surface area contributed by atoms with Crippen LogP contribution < -0.4 is 0 Å². The van der Waals surface area contributed by atoms with Crippen molar-refractivity contribution in [2.75, 3.05) is 0 Å². The lowest BCUT2D eigenvalue weighted by Crippen LogP contribution is -2.75. The van der Waals surface area contributed by atoms with Gasteiger partial charge in [-0.1, -0.05) is 0 Å². The quantitative estimate of drug-likeness (QED) is 0.549. The molecular weight excluding hydrogens is 388 g/mol. The van der Waals surface area contributed by atoms with E-state index in [4.69, 9.17) is 0 Å². The molecule has 0 aromatic rings. The lowest BCUT2D eigenvalue weighted by Gasteiger charge is -2.45. The molecule has 0 radical (unpaired) electrons. The van der Waals surface area contributed by atoms with Crippen molar-refractivity contribution >= 4 is 0 Å². The smallest absolute Gasteiger partial charge is 0.198 e. The van der Waals surface area contributed by atoms with Crippen molar-refractivity contribution in [1.82, 2.24) is 0 Å². The molecule has 0 fully saturated rings. The van der Waals surface area contributed by atoms with Crippen molar-refractivity contribution in [2.45, 2.75) is 36.6 Å². The van der Waals surface area contributed by atoms with Gasteiger partial charge in [-0.25, -0.2) is 0 Å². The second kappa shape index (κ2) is 4.94. The summed E-state index contributed by atoms with van der Waals surface area (Å²) in [5, 5.41) is 0. The first-order chi connectivity index (χ1) is 9.50. The molecular formula is C7F16.